The Morgan fingerprint density at radius 1 is 1.04 bits per heavy atom. The van der Waals surface area contributed by atoms with Gasteiger partial charge in [0.15, 0.2) is 5.78 Å². The van der Waals surface area contributed by atoms with Crippen molar-refractivity contribution in [1.29, 1.82) is 0 Å². The minimum atomic E-state index is -4.57. The van der Waals surface area contributed by atoms with E-state index in [1.54, 1.807) is 12.1 Å². The van der Waals surface area contributed by atoms with E-state index >= 15 is 0 Å². The van der Waals surface area contributed by atoms with Crippen LogP contribution in [0.2, 0.25) is 0 Å². The molecule has 2 rings (SSSR count). The van der Waals surface area contributed by atoms with Crippen LogP contribution in [0.5, 0.6) is 0 Å². The molecule has 0 radical (unpaired) electrons. The second kappa shape index (κ2) is 11.2. The molecule has 0 amide bonds. The van der Waals surface area contributed by atoms with Crippen molar-refractivity contribution < 1.29 is 52.4 Å². The molecule has 0 spiro atoms. The molecule has 5 nitrogen and oxygen atoms in total. The van der Waals surface area contributed by atoms with Gasteiger partial charge in [-0.3, -0.25) is 4.79 Å². The van der Waals surface area contributed by atoms with Crippen LogP contribution < -0.4 is 29.6 Å². The Hall–Kier alpha value is -1.02. The van der Waals surface area contributed by atoms with E-state index in [1.807, 2.05) is 36.4 Å². The van der Waals surface area contributed by atoms with Crippen molar-refractivity contribution >= 4 is 15.9 Å². The van der Waals surface area contributed by atoms with E-state index in [9.17, 15) is 17.8 Å². The van der Waals surface area contributed by atoms with Crippen molar-refractivity contribution in [1.82, 2.24) is 0 Å². The topological polar surface area (TPSA) is 94.5 Å². The zero-order valence-electron chi connectivity index (χ0n) is 16.6. The molecule has 0 aromatic heterocycles. The zero-order chi connectivity index (χ0) is 20.0. The molecule has 0 fully saturated rings. The Morgan fingerprint density at radius 3 is 2.04 bits per heavy atom. The Morgan fingerprint density at radius 2 is 1.57 bits per heavy atom. The first-order valence-electron chi connectivity index (χ1n) is 9.00. The molecule has 1 N–H and O–H groups in total. The number of benzene rings is 2. The van der Waals surface area contributed by atoms with Crippen LogP contribution in [0.15, 0.2) is 48.5 Å². The normalized spacial score (nSPS) is 13.4. The van der Waals surface area contributed by atoms with Gasteiger partial charge in [0.2, 0.25) is 0 Å². The molecule has 2 aromatic carbocycles. The summed E-state index contributed by atoms with van der Waals surface area (Å²) in [5, 5.41) is 9.15. The Balaban J connectivity index is 0.00000392. The molecule has 0 heterocycles. The summed E-state index contributed by atoms with van der Waals surface area (Å²) in [6.45, 7) is 4.30. The maximum absolute atomic E-state index is 11.8. The van der Waals surface area contributed by atoms with Gasteiger partial charge < -0.3 is 9.66 Å². The predicted molar refractivity (Wildman–Crippen MR) is 104 cm³/mol. The smallest absolute Gasteiger partial charge is 0.748 e. The Bertz CT molecular complexity index is 861. The summed E-state index contributed by atoms with van der Waals surface area (Å²) in [7, 11) is -4.57. The van der Waals surface area contributed by atoms with Crippen LogP contribution in [-0.2, 0) is 16.7 Å². The molecule has 0 saturated carbocycles. The van der Waals surface area contributed by atoms with Crippen molar-refractivity contribution in [3.05, 3.63) is 70.8 Å². The van der Waals surface area contributed by atoms with Gasteiger partial charge in [-0.1, -0.05) is 62.4 Å². The van der Waals surface area contributed by atoms with Crippen molar-refractivity contribution in [3.8, 4) is 0 Å². The fourth-order valence-electron chi connectivity index (χ4n) is 3.24. The Labute approximate surface area is 189 Å². The third-order valence-electron chi connectivity index (χ3n) is 4.87. The van der Waals surface area contributed by atoms with Gasteiger partial charge in [-0.25, -0.2) is 8.42 Å². The quantitative estimate of drug-likeness (QED) is 0.370. The van der Waals surface area contributed by atoms with Gasteiger partial charge in [-0.2, -0.15) is 0 Å². The molecule has 0 bridgehead atoms. The summed E-state index contributed by atoms with van der Waals surface area (Å²) < 4.78 is 32.2. The first-order chi connectivity index (χ1) is 12.7. The molecule has 2 unspecified atom stereocenters. The van der Waals surface area contributed by atoms with Crippen molar-refractivity contribution in [2.45, 2.75) is 45.1 Å². The largest absolute Gasteiger partial charge is 1.00 e. The van der Waals surface area contributed by atoms with Crippen LogP contribution in [0.1, 0.15) is 65.6 Å². The average molecular weight is 412 g/mol. The number of hydrogen-bond acceptors (Lipinski definition) is 5. The van der Waals surface area contributed by atoms with Crippen LogP contribution >= 0.6 is 0 Å². The van der Waals surface area contributed by atoms with E-state index in [-0.39, 0.29) is 41.7 Å². The average Bonchev–Trinajstić information content (AvgIpc) is 2.64. The van der Waals surface area contributed by atoms with Gasteiger partial charge in [-0.15, -0.1) is 0 Å². The number of aliphatic hydroxyl groups excluding tert-OH is 1. The SMILES string of the molecule is CCC(CC(C)c1ccc(CO)cc1)c1ccc(C(=O)CS(=O)(=O)[O-])cc1.[Na+]. The first-order valence-corrected chi connectivity index (χ1v) is 10.6. The molecular weight excluding hydrogens is 387 g/mol. The molecule has 2 atom stereocenters. The molecule has 7 heteroatoms. The molecular formula is C21H25NaO5S. The van der Waals surface area contributed by atoms with E-state index in [2.05, 4.69) is 13.8 Å². The maximum atomic E-state index is 11.8. The number of rotatable bonds is 9. The monoisotopic (exact) mass is 412 g/mol. The van der Waals surface area contributed by atoms with Crippen LogP contribution in [-0.4, -0.2) is 29.6 Å². The fraction of sp³-hybridized carbons (Fsp3) is 0.381. The van der Waals surface area contributed by atoms with Crippen LogP contribution in [0.25, 0.3) is 0 Å². The third-order valence-corrected chi connectivity index (χ3v) is 5.49. The van der Waals surface area contributed by atoms with Crippen molar-refractivity contribution in [2.24, 2.45) is 0 Å². The van der Waals surface area contributed by atoms with Crippen LogP contribution in [0.4, 0.5) is 0 Å². The minimum Gasteiger partial charge on any atom is -0.748 e. The number of carbonyl (C=O) groups excluding carboxylic acids is 1. The maximum Gasteiger partial charge on any atom is 1.00 e. The van der Waals surface area contributed by atoms with Crippen molar-refractivity contribution in [3.63, 3.8) is 0 Å². The van der Waals surface area contributed by atoms with Gasteiger partial charge in [0, 0.05) is 5.56 Å². The zero-order valence-corrected chi connectivity index (χ0v) is 19.4. The fourth-order valence-corrected chi connectivity index (χ4v) is 3.73. The molecule has 0 aliphatic rings. The molecule has 0 aliphatic carbocycles. The van der Waals surface area contributed by atoms with Gasteiger partial charge >= 0.3 is 29.6 Å². The van der Waals surface area contributed by atoms with E-state index in [0.717, 1.165) is 24.0 Å². The van der Waals surface area contributed by atoms with Gasteiger partial charge in [0.25, 0.3) is 0 Å². The Kier molecular flexibility index (Phi) is 10.0. The van der Waals surface area contributed by atoms with Gasteiger partial charge in [0.1, 0.15) is 15.9 Å². The third kappa shape index (κ3) is 7.43. The van der Waals surface area contributed by atoms with Crippen LogP contribution in [0.3, 0.4) is 0 Å². The molecule has 146 valence electrons. The molecule has 28 heavy (non-hydrogen) atoms. The first kappa shape index (κ1) is 25.0. The molecule has 0 aliphatic heterocycles. The second-order valence-electron chi connectivity index (χ2n) is 6.89. The van der Waals surface area contributed by atoms with E-state index in [1.165, 1.54) is 5.56 Å². The van der Waals surface area contributed by atoms with Crippen LogP contribution in [0, 0.1) is 0 Å². The summed E-state index contributed by atoms with van der Waals surface area (Å²) in [6, 6.07) is 14.8. The molecule has 2 aromatic rings. The summed E-state index contributed by atoms with van der Waals surface area (Å²) >= 11 is 0. The number of aliphatic hydroxyl groups is 1. The van der Waals surface area contributed by atoms with Crippen molar-refractivity contribution in [2.75, 3.05) is 5.75 Å². The standard InChI is InChI=1S/C21H26O5S.Na/c1-3-17(12-15(2)18-6-4-16(13-22)5-7-18)19-8-10-20(11-9-19)21(23)14-27(24,25)26;/h4-11,15,17,22H,3,12-14H2,1-2H3,(H,24,25,26);/q;+1/p-1. The summed E-state index contributed by atoms with van der Waals surface area (Å²) in [5.74, 6) is -1.06. The summed E-state index contributed by atoms with van der Waals surface area (Å²) in [4.78, 5) is 11.8. The van der Waals surface area contributed by atoms with E-state index in [0.29, 0.717) is 11.8 Å². The molecule has 0 saturated heterocycles. The van der Waals surface area contributed by atoms with Gasteiger partial charge in [-0.05, 0) is 41.4 Å². The number of ketones is 1. The number of carbonyl (C=O) groups is 1. The summed E-state index contributed by atoms with van der Waals surface area (Å²) in [6.07, 6.45) is 1.86. The number of hydrogen-bond donors (Lipinski definition) is 1. The van der Waals surface area contributed by atoms with Gasteiger partial charge in [0.05, 0.1) is 6.61 Å². The van der Waals surface area contributed by atoms with E-state index < -0.39 is 21.7 Å². The predicted octanol–water partition coefficient (Wildman–Crippen LogP) is 0.598. The number of Topliss-reactive ketones (excluding diaryl/α,β-unsaturated/α-hetero) is 1. The second-order valence-corrected chi connectivity index (χ2v) is 8.29. The minimum absolute atomic E-state index is 0. The summed E-state index contributed by atoms with van der Waals surface area (Å²) in [5.41, 5.74) is 3.41. The van der Waals surface area contributed by atoms with E-state index in [4.69, 9.17) is 5.11 Å².